The second-order valence-electron chi connectivity index (χ2n) is 3.07. The largest absolute Gasteiger partial charge is 0.391 e. The first-order chi connectivity index (χ1) is 6.09. The van der Waals surface area contributed by atoms with Crippen LogP contribution in [-0.2, 0) is 0 Å². The summed E-state index contributed by atoms with van der Waals surface area (Å²) in [4.78, 5) is 4.01. The topological polar surface area (TPSA) is 45.1 Å². The summed E-state index contributed by atoms with van der Waals surface area (Å²) < 4.78 is 0.926. The lowest BCUT2D eigenvalue weighted by Gasteiger charge is -2.17. The third-order valence-corrected chi connectivity index (χ3v) is 2.26. The van der Waals surface area contributed by atoms with Crippen LogP contribution in [0, 0.1) is 0 Å². The maximum Gasteiger partial charge on any atom is 0.0710 e. The highest BCUT2D eigenvalue weighted by atomic mass is 79.9. The Kier molecular flexibility index (Phi) is 3.69. The van der Waals surface area contributed by atoms with Crippen molar-refractivity contribution in [2.24, 2.45) is 0 Å². The van der Waals surface area contributed by atoms with Gasteiger partial charge in [-0.15, -0.1) is 0 Å². The van der Waals surface area contributed by atoms with E-state index in [4.69, 9.17) is 0 Å². The van der Waals surface area contributed by atoms with E-state index in [1.807, 2.05) is 13.0 Å². The van der Waals surface area contributed by atoms with E-state index >= 15 is 0 Å². The first kappa shape index (κ1) is 10.5. The molecule has 2 unspecified atom stereocenters. The summed E-state index contributed by atoms with van der Waals surface area (Å²) in [6.45, 7) is 3.68. The number of hydrogen-bond acceptors (Lipinski definition) is 3. The molecule has 0 radical (unpaired) electrons. The van der Waals surface area contributed by atoms with Gasteiger partial charge in [0.1, 0.15) is 0 Å². The van der Waals surface area contributed by atoms with Gasteiger partial charge >= 0.3 is 0 Å². The molecule has 1 aromatic heterocycles. The average Bonchev–Trinajstić information content (AvgIpc) is 2.04. The van der Waals surface area contributed by atoms with Crippen LogP contribution in [0.3, 0.4) is 0 Å². The van der Waals surface area contributed by atoms with E-state index in [2.05, 4.69) is 26.2 Å². The number of aliphatic hydroxyl groups excluding tert-OH is 1. The van der Waals surface area contributed by atoms with E-state index in [9.17, 15) is 5.11 Å². The van der Waals surface area contributed by atoms with Gasteiger partial charge in [-0.2, -0.15) is 0 Å². The van der Waals surface area contributed by atoms with Crippen molar-refractivity contribution < 1.29 is 5.11 Å². The molecule has 3 nitrogen and oxygen atoms in total. The minimum atomic E-state index is -0.376. The van der Waals surface area contributed by atoms with Crippen molar-refractivity contribution in [3.05, 3.63) is 22.9 Å². The van der Waals surface area contributed by atoms with Gasteiger partial charge in [-0.25, -0.2) is 0 Å². The van der Waals surface area contributed by atoms with Gasteiger partial charge < -0.3 is 10.4 Å². The molecule has 4 heteroatoms. The molecule has 13 heavy (non-hydrogen) atoms. The molecule has 0 saturated heterocycles. The number of hydrogen-bond donors (Lipinski definition) is 2. The summed E-state index contributed by atoms with van der Waals surface area (Å²) in [5, 5.41) is 12.4. The van der Waals surface area contributed by atoms with Crippen molar-refractivity contribution in [3.63, 3.8) is 0 Å². The van der Waals surface area contributed by atoms with E-state index in [1.54, 1.807) is 19.3 Å². The van der Waals surface area contributed by atoms with Gasteiger partial charge in [-0.3, -0.25) is 4.98 Å². The smallest absolute Gasteiger partial charge is 0.0710 e. The molecular formula is C9H13BrN2O. The number of anilines is 1. The molecule has 0 saturated carbocycles. The predicted octanol–water partition coefficient (Wildman–Crippen LogP) is 2.03. The molecule has 72 valence electrons. The monoisotopic (exact) mass is 244 g/mol. The standard InChI is InChI=1S/C9H13BrN2O/c1-6(7(2)13)12-9-3-8(10)4-11-5-9/h3-7,12-13H,1-2H3. The first-order valence-corrected chi connectivity index (χ1v) is 4.94. The Labute approximate surface area is 86.3 Å². The van der Waals surface area contributed by atoms with Gasteiger partial charge in [0.2, 0.25) is 0 Å². The zero-order chi connectivity index (χ0) is 9.84. The molecule has 0 fully saturated rings. The van der Waals surface area contributed by atoms with Crippen LogP contribution in [0.5, 0.6) is 0 Å². The molecule has 0 aliphatic rings. The zero-order valence-electron chi connectivity index (χ0n) is 7.66. The minimum absolute atomic E-state index is 0.0242. The molecule has 0 spiro atoms. The number of halogens is 1. The normalized spacial score (nSPS) is 15.1. The van der Waals surface area contributed by atoms with Gasteiger partial charge in [0.05, 0.1) is 18.0 Å². The molecule has 1 rings (SSSR count). The Morgan fingerprint density at radius 1 is 1.46 bits per heavy atom. The number of rotatable bonds is 3. The molecule has 2 atom stereocenters. The van der Waals surface area contributed by atoms with Crippen LogP contribution in [0.2, 0.25) is 0 Å². The van der Waals surface area contributed by atoms with Crippen molar-refractivity contribution in [2.45, 2.75) is 26.0 Å². The maximum atomic E-state index is 9.26. The van der Waals surface area contributed by atoms with Crippen molar-refractivity contribution in [1.82, 2.24) is 4.98 Å². The third kappa shape index (κ3) is 3.32. The van der Waals surface area contributed by atoms with E-state index < -0.39 is 0 Å². The highest BCUT2D eigenvalue weighted by Crippen LogP contribution is 2.14. The summed E-state index contributed by atoms with van der Waals surface area (Å²) in [5.41, 5.74) is 0.905. The Balaban J connectivity index is 2.64. The highest BCUT2D eigenvalue weighted by Gasteiger charge is 2.07. The van der Waals surface area contributed by atoms with Crippen molar-refractivity contribution in [1.29, 1.82) is 0 Å². The molecule has 2 N–H and O–H groups in total. The predicted molar refractivity (Wildman–Crippen MR) is 56.7 cm³/mol. The van der Waals surface area contributed by atoms with Crippen molar-refractivity contribution >= 4 is 21.6 Å². The van der Waals surface area contributed by atoms with Crippen molar-refractivity contribution in [3.8, 4) is 0 Å². The first-order valence-electron chi connectivity index (χ1n) is 4.14. The lowest BCUT2D eigenvalue weighted by atomic mass is 10.2. The fraction of sp³-hybridized carbons (Fsp3) is 0.444. The quantitative estimate of drug-likeness (QED) is 0.856. The number of pyridine rings is 1. The van der Waals surface area contributed by atoms with Crippen LogP contribution >= 0.6 is 15.9 Å². The Morgan fingerprint density at radius 2 is 2.15 bits per heavy atom. The second kappa shape index (κ2) is 4.58. The highest BCUT2D eigenvalue weighted by molar-refractivity contribution is 9.10. The summed E-state index contributed by atoms with van der Waals surface area (Å²) in [6.07, 6.45) is 3.07. The van der Waals surface area contributed by atoms with E-state index in [-0.39, 0.29) is 12.1 Å². The van der Waals surface area contributed by atoms with Gasteiger partial charge in [0.15, 0.2) is 0 Å². The summed E-state index contributed by atoms with van der Waals surface area (Å²) >= 11 is 3.32. The lowest BCUT2D eigenvalue weighted by Crippen LogP contribution is -2.27. The number of nitrogens with zero attached hydrogens (tertiary/aromatic N) is 1. The van der Waals surface area contributed by atoms with E-state index in [0.717, 1.165) is 10.2 Å². The van der Waals surface area contributed by atoms with Crippen LogP contribution in [-0.4, -0.2) is 22.2 Å². The Bertz CT molecular complexity index is 278. The molecule has 0 aliphatic heterocycles. The Morgan fingerprint density at radius 3 is 2.69 bits per heavy atom. The van der Waals surface area contributed by atoms with Crippen LogP contribution in [0.15, 0.2) is 22.9 Å². The fourth-order valence-corrected chi connectivity index (χ4v) is 1.24. The third-order valence-electron chi connectivity index (χ3n) is 1.82. The van der Waals surface area contributed by atoms with Crippen LogP contribution in [0.25, 0.3) is 0 Å². The Hall–Kier alpha value is -0.610. The maximum absolute atomic E-state index is 9.26. The average molecular weight is 245 g/mol. The summed E-state index contributed by atoms with van der Waals surface area (Å²) in [5.74, 6) is 0. The van der Waals surface area contributed by atoms with Gasteiger partial charge in [0.25, 0.3) is 0 Å². The van der Waals surface area contributed by atoms with Crippen LogP contribution in [0.4, 0.5) is 5.69 Å². The second-order valence-corrected chi connectivity index (χ2v) is 3.98. The van der Waals surface area contributed by atoms with E-state index in [1.165, 1.54) is 0 Å². The van der Waals surface area contributed by atoms with Gasteiger partial charge in [-0.05, 0) is 35.8 Å². The molecule has 0 aliphatic carbocycles. The van der Waals surface area contributed by atoms with Gasteiger partial charge in [0, 0.05) is 16.7 Å². The molecular weight excluding hydrogens is 232 g/mol. The summed E-state index contributed by atoms with van der Waals surface area (Å²) in [6, 6.07) is 1.95. The number of aliphatic hydroxyl groups is 1. The summed E-state index contributed by atoms with van der Waals surface area (Å²) in [7, 11) is 0. The SMILES string of the molecule is CC(O)C(C)Nc1cncc(Br)c1. The molecule has 0 bridgehead atoms. The zero-order valence-corrected chi connectivity index (χ0v) is 9.25. The van der Waals surface area contributed by atoms with Crippen molar-refractivity contribution in [2.75, 3.05) is 5.32 Å². The van der Waals surface area contributed by atoms with E-state index in [0.29, 0.717) is 0 Å². The molecule has 1 heterocycles. The molecule has 1 aromatic rings. The fourth-order valence-electron chi connectivity index (χ4n) is 0.874. The lowest BCUT2D eigenvalue weighted by molar-refractivity contribution is 0.178. The molecule has 0 amide bonds. The van der Waals surface area contributed by atoms with Gasteiger partial charge in [-0.1, -0.05) is 0 Å². The number of nitrogens with one attached hydrogen (secondary N) is 1. The minimum Gasteiger partial charge on any atom is -0.391 e. The van der Waals surface area contributed by atoms with Crippen LogP contribution in [0.1, 0.15) is 13.8 Å². The van der Waals surface area contributed by atoms with Crippen LogP contribution < -0.4 is 5.32 Å². The number of aromatic nitrogens is 1. The molecule has 0 aromatic carbocycles.